The molecule has 6 aromatic carbocycles. The monoisotopic (exact) mass is 922 g/mol. The Kier molecular flexibility index (Phi) is 12.9. The molecule has 2 fully saturated rings. The molecular formula is C56H50N4O7S. The lowest BCUT2D eigenvalue weighted by molar-refractivity contribution is -0.164. The van der Waals surface area contributed by atoms with Crippen LogP contribution >= 0.6 is 11.8 Å². The van der Waals surface area contributed by atoms with E-state index in [0.29, 0.717) is 35.4 Å². The molecule has 3 heterocycles. The van der Waals surface area contributed by atoms with Crippen LogP contribution in [0.4, 0.5) is 10.5 Å². The Morgan fingerprint density at radius 2 is 1.19 bits per heavy atom. The molecule has 68 heavy (non-hydrogen) atoms. The number of alkyl carbamates (subject to hydrolysis) is 1. The number of hydrogen-bond acceptors (Lipinski definition) is 8. The van der Waals surface area contributed by atoms with Gasteiger partial charge in [-0.2, -0.15) is 0 Å². The summed E-state index contributed by atoms with van der Waals surface area (Å²) in [7, 11) is 0. The molecule has 0 unspecified atom stereocenters. The molecule has 11 nitrogen and oxygen atoms in total. The van der Waals surface area contributed by atoms with Crippen LogP contribution in [0.5, 0.6) is 0 Å². The van der Waals surface area contributed by atoms with E-state index in [1.807, 2.05) is 152 Å². The SMILES string of the molecule is CC(C)(C)OC(=O)N[C@@H]1C(=O)N2[C@@H](C(=O)OC(c3ccccc3)c3ccccc3)C(C=C3CCN(c4ccc(C(=O)NC(c5ccccc5)(c5ccccc5)c5ccccc5)cc4)C3=O)=CS[C@H]12. The molecule has 6 aromatic rings. The third-order valence-corrected chi connectivity index (χ3v) is 13.4. The molecule has 0 aliphatic carbocycles. The zero-order valence-electron chi connectivity index (χ0n) is 37.8. The fourth-order valence-electron chi connectivity index (χ4n) is 8.98. The van der Waals surface area contributed by atoms with Crippen LogP contribution in [0.3, 0.4) is 0 Å². The van der Waals surface area contributed by atoms with E-state index < -0.39 is 52.7 Å². The Labute approximate surface area is 399 Å². The average Bonchev–Trinajstić information content (AvgIpc) is 3.73. The van der Waals surface area contributed by atoms with Crippen molar-refractivity contribution in [2.75, 3.05) is 11.4 Å². The second kappa shape index (κ2) is 19.3. The molecule has 0 radical (unpaired) electrons. The van der Waals surface area contributed by atoms with Crippen LogP contribution in [-0.2, 0) is 29.4 Å². The molecular weight excluding hydrogens is 873 g/mol. The second-order valence-electron chi connectivity index (χ2n) is 17.8. The van der Waals surface area contributed by atoms with E-state index in [2.05, 4.69) is 10.6 Å². The summed E-state index contributed by atoms with van der Waals surface area (Å²) in [6.07, 6.45) is 0.497. The fraction of sp³-hybridized carbons (Fsp3) is 0.196. The van der Waals surface area contributed by atoms with Crippen LogP contribution in [0.1, 0.15) is 71.5 Å². The molecule has 3 aliphatic heterocycles. The summed E-state index contributed by atoms with van der Waals surface area (Å²) in [6, 6.07) is 53.1. The Bertz CT molecular complexity index is 2740. The van der Waals surface area contributed by atoms with Crippen LogP contribution in [0, 0.1) is 0 Å². The first kappa shape index (κ1) is 45.5. The van der Waals surface area contributed by atoms with Crippen molar-refractivity contribution in [3.63, 3.8) is 0 Å². The van der Waals surface area contributed by atoms with Gasteiger partial charge < -0.3 is 29.9 Å². The normalized spacial score (nSPS) is 18.6. The molecule has 12 heteroatoms. The highest BCUT2D eigenvalue weighted by molar-refractivity contribution is 8.03. The minimum atomic E-state index is -1.22. The highest BCUT2D eigenvalue weighted by atomic mass is 32.2. The molecule has 342 valence electrons. The van der Waals surface area contributed by atoms with Gasteiger partial charge in [0.15, 0.2) is 12.1 Å². The van der Waals surface area contributed by atoms with Crippen LogP contribution in [-0.4, -0.2) is 64.3 Å². The Hall–Kier alpha value is -7.70. The molecule has 2 saturated heterocycles. The van der Waals surface area contributed by atoms with Gasteiger partial charge in [-0.25, -0.2) is 9.59 Å². The number of hydrogen-bond donors (Lipinski definition) is 2. The molecule has 3 atom stereocenters. The number of nitrogens with zero attached hydrogens (tertiary/aromatic N) is 2. The zero-order valence-corrected chi connectivity index (χ0v) is 38.6. The summed E-state index contributed by atoms with van der Waals surface area (Å²) in [5.41, 5.74) is 4.22. The quantitative estimate of drug-likeness (QED) is 0.0537. The zero-order chi connectivity index (χ0) is 47.4. The highest BCUT2D eigenvalue weighted by Gasteiger charge is 2.57. The summed E-state index contributed by atoms with van der Waals surface area (Å²) >= 11 is 1.27. The number of anilines is 1. The third-order valence-electron chi connectivity index (χ3n) is 12.2. The molecule has 0 saturated carbocycles. The first-order valence-electron chi connectivity index (χ1n) is 22.5. The van der Waals surface area contributed by atoms with Crippen molar-refractivity contribution in [1.29, 1.82) is 0 Å². The van der Waals surface area contributed by atoms with Gasteiger partial charge in [-0.3, -0.25) is 14.4 Å². The van der Waals surface area contributed by atoms with Gasteiger partial charge in [0.05, 0.1) is 0 Å². The summed E-state index contributed by atoms with van der Waals surface area (Å²) in [5.74, 6) is -1.74. The number of esters is 1. The smallest absolute Gasteiger partial charge is 0.408 e. The van der Waals surface area contributed by atoms with Gasteiger partial charge in [0.1, 0.15) is 22.6 Å². The van der Waals surface area contributed by atoms with Crippen LogP contribution in [0.25, 0.3) is 0 Å². The van der Waals surface area contributed by atoms with E-state index in [1.54, 1.807) is 61.4 Å². The molecule has 9 rings (SSSR count). The third kappa shape index (κ3) is 9.19. The topological polar surface area (TPSA) is 134 Å². The maximum absolute atomic E-state index is 14.6. The van der Waals surface area contributed by atoms with Crippen molar-refractivity contribution in [1.82, 2.24) is 15.5 Å². The van der Waals surface area contributed by atoms with Gasteiger partial charge in [-0.15, -0.1) is 11.8 Å². The number of fused-ring (bicyclic) bond motifs is 1. The number of benzene rings is 6. The fourth-order valence-corrected chi connectivity index (χ4v) is 10.2. The van der Waals surface area contributed by atoms with Gasteiger partial charge in [-0.1, -0.05) is 152 Å². The number of carbonyl (C=O) groups excluding carboxylic acids is 5. The van der Waals surface area contributed by atoms with E-state index in [4.69, 9.17) is 9.47 Å². The van der Waals surface area contributed by atoms with E-state index in [-0.39, 0.29) is 11.8 Å². The van der Waals surface area contributed by atoms with Crippen molar-refractivity contribution in [3.8, 4) is 0 Å². The lowest BCUT2D eigenvalue weighted by atomic mass is 9.77. The molecule has 3 aliphatic rings. The number of amides is 4. The summed E-state index contributed by atoms with van der Waals surface area (Å²) in [6.45, 7) is 5.55. The van der Waals surface area contributed by atoms with Crippen LogP contribution in [0.2, 0.25) is 0 Å². The van der Waals surface area contributed by atoms with Crippen molar-refractivity contribution in [2.24, 2.45) is 0 Å². The van der Waals surface area contributed by atoms with E-state index in [1.165, 1.54) is 16.7 Å². The Balaban J connectivity index is 0.978. The number of thioether (sulfide) groups is 1. The molecule has 0 bridgehead atoms. The highest BCUT2D eigenvalue weighted by Crippen LogP contribution is 2.43. The van der Waals surface area contributed by atoms with Gasteiger partial charge in [0, 0.05) is 23.4 Å². The molecule has 4 amide bonds. The maximum atomic E-state index is 14.6. The van der Waals surface area contributed by atoms with Crippen LogP contribution in [0.15, 0.2) is 199 Å². The number of nitrogens with one attached hydrogen (secondary N) is 2. The number of ether oxygens (including phenoxy) is 2. The first-order valence-corrected chi connectivity index (χ1v) is 23.4. The minimum absolute atomic E-state index is 0.274. The van der Waals surface area contributed by atoms with E-state index in [9.17, 15) is 24.0 Å². The summed E-state index contributed by atoms with van der Waals surface area (Å²) < 4.78 is 11.8. The Morgan fingerprint density at radius 3 is 1.69 bits per heavy atom. The van der Waals surface area contributed by atoms with Gasteiger partial charge in [0.25, 0.3) is 11.8 Å². The lowest BCUT2D eigenvalue weighted by Gasteiger charge is -2.51. The van der Waals surface area contributed by atoms with E-state index in [0.717, 1.165) is 27.8 Å². The van der Waals surface area contributed by atoms with Crippen molar-refractivity contribution in [3.05, 3.63) is 232 Å². The van der Waals surface area contributed by atoms with Crippen molar-refractivity contribution in [2.45, 2.75) is 61.9 Å². The Morgan fingerprint density at radius 1 is 0.691 bits per heavy atom. The number of rotatable bonds is 12. The standard InChI is InChI=1S/C56H50N4O7S/c1-55(2,3)67-54(65)57-46-51(63)60-47(53(64)66-48(37-19-9-4-10-20-37)38-21-11-5-12-22-38)41(36-68-52(46)60)35-40-33-34-59(50(40)62)45-31-29-39(30-32-45)49(61)58-56(42-23-13-6-14-24-42,43-25-15-7-16-26-43)44-27-17-8-18-28-44/h4-32,35-36,46-48,52H,33-34H2,1-3H3,(H,57,65)(H,58,61)/t46-,47-,52-/m1/s1. The molecule has 2 N–H and O–H groups in total. The maximum Gasteiger partial charge on any atom is 0.408 e. The first-order chi connectivity index (χ1) is 32.9. The van der Waals surface area contributed by atoms with Crippen molar-refractivity contribution < 1.29 is 33.4 Å². The number of β-lactam (4-membered cyclic amide) rings is 1. The van der Waals surface area contributed by atoms with E-state index >= 15 is 0 Å². The summed E-state index contributed by atoms with van der Waals surface area (Å²) in [4.78, 5) is 73.1. The van der Waals surface area contributed by atoms with Gasteiger partial charge >= 0.3 is 12.1 Å². The number of carbonyl (C=O) groups is 5. The molecule has 0 aromatic heterocycles. The van der Waals surface area contributed by atoms with Crippen molar-refractivity contribution >= 4 is 47.2 Å². The lowest BCUT2D eigenvalue weighted by Crippen LogP contribution is -2.74. The average molecular weight is 923 g/mol. The molecule has 0 spiro atoms. The summed E-state index contributed by atoms with van der Waals surface area (Å²) in [5, 5.41) is 7.21. The van der Waals surface area contributed by atoms with Gasteiger partial charge in [-0.05, 0) is 96.3 Å². The predicted molar refractivity (Wildman–Crippen MR) is 262 cm³/mol. The second-order valence-corrected chi connectivity index (χ2v) is 18.8. The predicted octanol–water partition coefficient (Wildman–Crippen LogP) is 9.47. The van der Waals surface area contributed by atoms with Gasteiger partial charge in [0.2, 0.25) is 5.91 Å². The minimum Gasteiger partial charge on any atom is -0.451 e. The van der Waals surface area contributed by atoms with Crippen LogP contribution < -0.4 is 15.5 Å². The largest absolute Gasteiger partial charge is 0.451 e.